The first-order valence-electron chi connectivity index (χ1n) is 9.24. The van der Waals surface area contributed by atoms with Crippen LogP contribution in [-0.2, 0) is 10.0 Å². The van der Waals surface area contributed by atoms with Crippen molar-refractivity contribution in [2.75, 3.05) is 22.8 Å². The van der Waals surface area contributed by atoms with Crippen molar-refractivity contribution in [2.24, 2.45) is 0 Å². The Morgan fingerprint density at radius 2 is 1.94 bits per heavy atom. The predicted molar refractivity (Wildman–Crippen MR) is 120 cm³/mol. The SMILES string of the molecule is Cc1cc(S(=O)(=O)Nc2cc(Cl)cnc2C(=O)N2CCOc3ccccc32)ccc1Cl. The fourth-order valence-corrected chi connectivity index (χ4v) is 4.60. The number of anilines is 2. The molecule has 160 valence electrons. The van der Waals surface area contributed by atoms with Gasteiger partial charge in [-0.05, 0) is 48.9 Å². The summed E-state index contributed by atoms with van der Waals surface area (Å²) < 4.78 is 33.9. The van der Waals surface area contributed by atoms with E-state index in [1.165, 1.54) is 35.4 Å². The van der Waals surface area contributed by atoms with Gasteiger partial charge in [-0.3, -0.25) is 9.52 Å². The van der Waals surface area contributed by atoms with Crippen LogP contribution in [0.4, 0.5) is 11.4 Å². The number of para-hydroxylation sites is 2. The lowest BCUT2D eigenvalue weighted by Crippen LogP contribution is -2.38. The van der Waals surface area contributed by atoms with E-state index in [1.54, 1.807) is 31.2 Å². The second-order valence-electron chi connectivity index (χ2n) is 6.84. The monoisotopic (exact) mass is 477 g/mol. The first-order chi connectivity index (χ1) is 14.8. The van der Waals surface area contributed by atoms with Crippen molar-refractivity contribution in [1.82, 2.24) is 4.98 Å². The van der Waals surface area contributed by atoms with Gasteiger partial charge < -0.3 is 9.64 Å². The molecule has 0 radical (unpaired) electrons. The van der Waals surface area contributed by atoms with Gasteiger partial charge in [0, 0.05) is 11.2 Å². The Kier molecular flexibility index (Phi) is 5.79. The van der Waals surface area contributed by atoms with E-state index >= 15 is 0 Å². The molecule has 0 saturated carbocycles. The molecule has 0 unspecified atom stereocenters. The number of nitrogens with one attached hydrogen (secondary N) is 1. The maximum absolute atomic E-state index is 13.3. The van der Waals surface area contributed by atoms with E-state index in [2.05, 4.69) is 9.71 Å². The molecule has 0 bridgehead atoms. The first kappa shape index (κ1) is 21.4. The molecule has 31 heavy (non-hydrogen) atoms. The van der Waals surface area contributed by atoms with Crippen molar-refractivity contribution in [3.8, 4) is 5.75 Å². The minimum Gasteiger partial charge on any atom is -0.490 e. The van der Waals surface area contributed by atoms with Gasteiger partial charge in [0.25, 0.3) is 15.9 Å². The van der Waals surface area contributed by atoms with Crippen LogP contribution in [0, 0.1) is 6.92 Å². The number of aryl methyl sites for hydroxylation is 1. The van der Waals surface area contributed by atoms with Gasteiger partial charge in [-0.25, -0.2) is 13.4 Å². The third-order valence-corrected chi connectivity index (χ3v) is 6.71. The number of hydrogen-bond donors (Lipinski definition) is 1. The van der Waals surface area contributed by atoms with Crippen LogP contribution in [0.5, 0.6) is 5.75 Å². The second-order valence-corrected chi connectivity index (χ2v) is 9.37. The zero-order valence-corrected chi connectivity index (χ0v) is 18.6. The maximum Gasteiger partial charge on any atom is 0.279 e. The van der Waals surface area contributed by atoms with E-state index < -0.39 is 15.9 Å². The number of benzene rings is 2. The van der Waals surface area contributed by atoms with Crippen molar-refractivity contribution in [2.45, 2.75) is 11.8 Å². The van der Waals surface area contributed by atoms with E-state index in [9.17, 15) is 13.2 Å². The number of pyridine rings is 1. The molecule has 1 amide bonds. The van der Waals surface area contributed by atoms with Gasteiger partial charge in [0.2, 0.25) is 0 Å². The van der Waals surface area contributed by atoms with Crippen LogP contribution in [0.15, 0.2) is 59.6 Å². The molecule has 0 spiro atoms. The summed E-state index contributed by atoms with van der Waals surface area (Å²) in [4.78, 5) is 19.0. The quantitative estimate of drug-likeness (QED) is 0.595. The molecular formula is C21H17Cl2N3O4S. The molecule has 3 aromatic rings. The third-order valence-electron chi connectivity index (χ3n) is 4.71. The van der Waals surface area contributed by atoms with Crippen molar-refractivity contribution in [3.63, 3.8) is 0 Å². The summed E-state index contributed by atoms with van der Waals surface area (Å²) in [6.45, 7) is 2.30. The van der Waals surface area contributed by atoms with Gasteiger partial charge in [0.05, 0.1) is 27.8 Å². The normalized spacial score (nSPS) is 13.3. The minimum absolute atomic E-state index is 0.00416. The molecule has 2 heterocycles. The summed E-state index contributed by atoms with van der Waals surface area (Å²) in [7, 11) is -4.02. The van der Waals surface area contributed by atoms with Crippen molar-refractivity contribution in [3.05, 3.63) is 76.0 Å². The largest absolute Gasteiger partial charge is 0.490 e. The third kappa shape index (κ3) is 4.32. The molecule has 2 aromatic carbocycles. The van der Waals surface area contributed by atoms with E-state index in [1.807, 2.05) is 0 Å². The number of amides is 1. The lowest BCUT2D eigenvalue weighted by atomic mass is 10.2. The number of halogens is 2. The molecule has 1 aliphatic rings. The Morgan fingerprint density at radius 1 is 1.16 bits per heavy atom. The molecule has 10 heteroatoms. The Hall–Kier alpha value is -2.81. The topological polar surface area (TPSA) is 88.6 Å². The Bertz CT molecular complexity index is 1280. The van der Waals surface area contributed by atoms with E-state index in [4.69, 9.17) is 27.9 Å². The van der Waals surface area contributed by atoms with Crippen LogP contribution in [-0.4, -0.2) is 32.5 Å². The number of carbonyl (C=O) groups is 1. The standard InChI is InChI=1S/C21H17Cl2N3O4S/c1-13-10-15(6-7-16(13)23)31(28,29)25-17-11-14(22)12-24-20(17)21(27)26-8-9-30-19-5-3-2-4-18(19)26/h2-7,10-12,25H,8-9H2,1H3. The maximum atomic E-state index is 13.3. The number of aromatic nitrogens is 1. The lowest BCUT2D eigenvalue weighted by molar-refractivity contribution is 0.0973. The molecule has 0 aliphatic carbocycles. The number of ether oxygens (including phenoxy) is 1. The molecule has 1 aliphatic heterocycles. The van der Waals surface area contributed by atoms with Gasteiger partial charge in [-0.1, -0.05) is 35.3 Å². The average molecular weight is 478 g/mol. The summed E-state index contributed by atoms with van der Waals surface area (Å²) in [5, 5.41) is 0.633. The Labute approximate surface area is 189 Å². The Morgan fingerprint density at radius 3 is 2.71 bits per heavy atom. The number of sulfonamides is 1. The molecule has 4 rings (SSSR count). The van der Waals surface area contributed by atoms with Gasteiger partial charge in [0.15, 0.2) is 5.69 Å². The Balaban J connectivity index is 1.72. The zero-order valence-electron chi connectivity index (χ0n) is 16.3. The highest BCUT2D eigenvalue weighted by molar-refractivity contribution is 7.92. The smallest absolute Gasteiger partial charge is 0.279 e. The minimum atomic E-state index is -4.02. The summed E-state index contributed by atoms with van der Waals surface area (Å²) in [6, 6.07) is 12.8. The summed E-state index contributed by atoms with van der Waals surface area (Å²) in [5.74, 6) is 0.0900. The van der Waals surface area contributed by atoms with Gasteiger partial charge >= 0.3 is 0 Å². The number of rotatable bonds is 4. The summed E-state index contributed by atoms with van der Waals surface area (Å²) in [6.07, 6.45) is 1.30. The first-order valence-corrected chi connectivity index (χ1v) is 11.5. The molecule has 1 aromatic heterocycles. The molecule has 7 nitrogen and oxygen atoms in total. The highest BCUT2D eigenvalue weighted by Gasteiger charge is 2.28. The van der Waals surface area contributed by atoms with Crippen LogP contribution in [0.3, 0.4) is 0 Å². The van der Waals surface area contributed by atoms with Crippen LogP contribution < -0.4 is 14.4 Å². The van der Waals surface area contributed by atoms with Gasteiger partial charge in [-0.2, -0.15) is 0 Å². The fraction of sp³-hybridized carbons (Fsp3) is 0.143. The number of carbonyl (C=O) groups excluding carboxylic acids is 1. The molecule has 0 saturated heterocycles. The van der Waals surface area contributed by atoms with Crippen LogP contribution in [0.1, 0.15) is 16.1 Å². The highest BCUT2D eigenvalue weighted by Crippen LogP contribution is 2.33. The van der Waals surface area contributed by atoms with E-state index in [-0.39, 0.29) is 21.3 Å². The second kappa shape index (κ2) is 8.37. The number of fused-ring (bicyclic) bond motifs is 1. The van der Waals surface area contributed by atoms with Crippen LogP contribution >= 0.6 is 23.2 Å². The predicted octanol–water partition coefficient (Wildman–Crippen LogP) is 4.54. The van der Waals surface area contributed by atoms with E-state index in [0.29, 0.717) is 35.2 Å². The molecular weight excluding hydrogens is 461 g/mol. The molecule has 1 N–H and O–H groups in total. The van der Waals surface area contributed by atoms with Crippen molar-refractivity contribution >= 4 is 50.5 Å². The summed E-state index contributed by atoms with van der Waals surface area (Å²) in [5.41, 5.74) is 1.09. The molecule has 0 fully saturated rings. The number of nitrogens with zero attached hydrogens (tertiary/aromatic N) is 2. The van der Waals surface area contributed by atoms with Gasteiger partial charge in [-0.15, -0.1) is 0 Å². The highest BCUT2D eigenvalue weighted by atomic mass is 35.5. The molecule has 0 atom stereocenters. The van der Waals surface area contributed by atoms with E-state index in [0.717, 1.165) is 0 Å². The van der Waals surface area contributed by atoms with Crippen molar-refractivity contribution < 1.29 is 17.9 Å². The number of hydrogen-bond acceptors (Lipinski definition) is 5. The van der Waals surface area contributed by atoms with Crippen molar-refractivity contribution in [1.29, 1.82) is 0 Å². The fourth-order valence-electron chi connectivity index (χ4n) is 3.18. The lowest BCUT2D eigenvalue weighted by Gasteiger charge is -2.29. The average Bonchev–Trinajstić information content (AvgIpc) is 2.74. The van der Waals surface area contributed by atoms with Gasteiger partial charge in [0.1, 0.15) is 12.4 Å². The summed E-state index contributed by atoms with van der Waals surface area (Å²) >= 11 is 12.1. The van der Waals surface area contributed by atoms with Crippen LogP contribution in [0.25, 0.3) is 0 Å². The van der Waals surface area contributed by atoms with Crippen LogP contribution in [0.2, 0.25) is 10.0 Å². The zero-order chi connectivity index (χ0) is 22.2.